The number of anilines is 2. The van der Waals surface area contributed by atoms with Gasteiger partial charge in [-0.3, -0.25) is 0 Å². The van der Waals surface area contributed by atoms with Gasteiger partial charge in [-0.25, -0.2) is 8.42 Å². The number of nitrogens with one attached hydrogen (secondary N) is 1. The van der Waals surface area contributed by atoms with Gasteiger partial charge in [-0.2, -0.15) is 0 Å². The summed E-state index contributed by atoms with van der Waals surface area (Å²) in [6.45, 7) is 0. The molecule has 1 unspecified atom stereocenters. The Morgan fingerprint density at radius 3 is 2.00 bits per heavy atom. The number of nitrogen functional groups attached to an aromatic ring is 1. The predicted octanol–water partition coefficient (Wildman–Crippen LogP) is 5.21. The molecule has 0 aliphatic carbocycles. The quantitative estimate of drug-likeness (QED) is 0.310. The van der Waals surface area contributed by atoms with Gasteiger partial charge in [0.05, 0.1) is 9.79 Å². The molecule has 3 N–H and O–H groups in total. The van der Waals surface area contributed by atoms with Crippen molar-refractivity contribution in [3.63, 3.8) is 0 Å². The van der Waals surface area contributed by atoms with E-state index >= 15 is 0 Å². The molecule has 1 heterocycles. The standard InChI is InChI=1S/C24H19N2O3PS2/c25-17-9-13-19(14-10-17)32(27,28)20-15-11-18(12-16-20)26-30(31)24-8-4-2-6-22(24)21-5-1-3-7-23(21)29-30/h1-16H,25H2,(H,26,31). The Bertz CT molecular complexity index is 1470. The largest absolute Gasteiger partial charge is 0.444 e. The Hall–Kier alpha value is -3.12. The lowest BCUT2D eigenvalue weighted by Crippen LogP contribution is -2.22. The van der Waals surface area contributed by atoms with E-state index in [1.54, 1.807) is 36.4 Å². The van der Waals surface area contributed by atoms with Crippen molar-refractivity contribution in [1.29, 1.82) is 0 Å². The van der Waals surface area contributed by atoms with Crippen molar-refractivity contribution in [1.82, 2.24) is 0 Å². The van der Waals surface area contributed by atoms with Crippen molar-refractivity contribution in [3.05, 3.63) is 97.1 Å². The van der Waals surface area contributed by atoms with Crippen LogP contribution in [0.2, 0.25) is 0 Å². The molecule has 0 aromatic heterocycles. The van der Waals surface area contributed by atoms with Crippen LogP contribution in [0.25, 0.3) is 11.1 Å². The van der Waals surface area contributed by atoms with E-state index < -0.39 is 16.3 Å². The number of rotatable bonds is 4. The fourth-order valence-corrected chi connectivity index (χ4v) is 7.94. The smallest absolute Gasteiger partial charge is 0.232 e. The molecule has 32 heavy (non-hydrogen) atoms. The summed E-state index contributed by atoms with van der Waals surface area (Å²) in [5, 5.41) is 4.31. The van der Waals surface area contributed by atoms with Crippen LogP contribution in [-0.4, -0.2) is 8.42 Å². The summed E-state index contributed by atoms with van der Waals surface area (Å²) in [5.41, 5.74) is 8.94. The molecule has 4 aromatic rings. The number of para-hydroxylation sites is 1. The number of hydrogen-bond acceptors (Lipinski definition) is 5. The maximum atomic E-state index is 12.9. The minimum absolute atomic E-state index is 0.194. The zero-order valence-corrected chi connectivity index (χ0v) is 19.3. The van der Waals surface area contributed by atoms with E-state index in [4.69, 9.17) is 22.1 Å². The molecule has 0 fully saturated rings. The topological polar surface area (TPSA) is 81.4 Å². The number of fused-ring (bicyclic) bond motifs is 3. The molecule has 0 saturated carbocycles. The second-order valence-electron chi connectivity index (χ2n) is 7.36. The average Bonchev–Trinajstić information content (AvgIpc) is 2.80. The van der Waals surface area contributed by atoms with Gasteiger partial charge in [-0.05, 0) is 78.0 Å². The molecule has 0 spiro atoms. The molecule has 0 bridgehead atoms. The third kappa shape index (κ3) is 3.58. The van der Waals surface area contributed by atoms with Crippen LogP contribution in [0.5, 0.6) is 5.75 Å². The van der Waals surface area contributed by atoms with Crippen molar-refractivity contribution in [2.24, 2.45) is 0 Å². The number of sulfone groups is 1. The molecule has 1 atom stereocenters. The minimum atomic E-state index is -3.64. The summed E-state index contributed by atoms with van der Waals surface area (Å²) in [4.78, 5) is 0.390. The molecule has 0 radical (unpaired) electrons. The summed E-state index contributed by atoms with van der Waals surface area (Å²) < 4.78 is 32.1. The van der Waals surface area contributed by atoms with Gasteiger partial charge in [0, 0.05) is 22.2 Å². The van der Waals surface area contributed by atoms with Crippen molar-refractivity contribution in [3.8, 4) is 16.9 Å². The van der Waals surface area contributed by atoms with Gasteiger partial charge in [-0.1, -0.05) is 36.4 Å². The highest BCUT2D eigenvalue weighted by Gasteiger charge is 2.32. The van der Waals surface area contributed by atoms with Crippen molar-refractivity contribution in [2.45, 2.75) is 9.79 Å². The second-order valence-corrected chi connectivity index (χ2v) is 12.8. The van der Waals surface area contributed by atoms with E-state index in [-0.39, 0.29) is 9.79 Å². The van der Waals surface area contributed by atoms with Gasteiger partial charge >= 0.3 is 0 Å². The summed E-state index contributed by atoms with van der Waals surface area (Å²) in [6.07, 6.45) is -2.66. The number of benzene rings is 4. The molecule has 0 saturated heterocycles. The molecule has 1 aliphatic heterocycles. The Morgan fingerprint density at radius 2 is 1.31 bits per heavy atom. The summed E-state index contributed by atoms with van der Waals surface area (Å²) >= 11 is 6.01. The van der Waals surface area contributed by atoms with Gasteiger partial charge in [0.1, 0.15) is 5.75 Å². The first-order valence-corrected chi connectivity index (χ1v) is 14.0. The van der Waals surface area contributed by atoms with E-state index in [0.29, 0.717) is 11.4 Å². The molecule has 4 aromatic carbocycles. The average molecular weight is 479 g/mol. The second kappa shape index (κ2) is 7.78. The zero-order valence-electron chi connectivity index (χ0n) is 16.8. The van der Waals surface area contributed by atoms with Crippen LogP contribution < -0.4 is 20.6 Å². The number of nitrogens with two attached hydrogens (primary N) is 1. The summed E-state index contributed by atoms with van der Waals surface area (Å²) in [6, 6.07) is 28.5. The lowest BCUT2D eigenvalue weighted by molar-refractivity contribution is 0.596. The van der Waals surface area contributed by atoms with Crippen LogP contribution in [0.3, 0.4) is 0 Å². The molecule has 5 nitrogen and oxygen atoms in total. The monoisotopic (exact) mass is 478 g/mol. The van der Waals surface area contributed by atoms with E-state index in [1.165, 1.54) is 12.1 Å². The molecule has 5 rings (SSSR count). The highest BCUT2D eigenvalue weighted by atomic mass is 32.4. The first-order valence-electron chi connectivity index (χ1n) is 9.84. The van der Waals surface area contributed by atoms with Crippen LogP contribution in [-0.2, 0) is 21.6 Å². The van der Waals surface area contributed by atoms with Crippen LogP contribution in [0.15, 0.2) is 107 Å². The van der Waals surface area contributed by atoms with Gasteiger partial charge < -0.3 is 15.3 Å². The molecular weight excluding hydrogens is 459 g/mol. The molecule has 160 valence electrons. The lowest BCUT2D eigenvalue weighted by Gasteiger charge is -2.32. The molecule has 1 aliphatic rings. The van der Waals surface area contributed by atoms with Crippen molar-refractivity contribution < 1.29 is 12.9 Å². The van der Waals surface area contributed by atoms with Crippen LogP contribution in [0, 0.1) is 0 Å². The van der Waals surface area contributed by atoms with Crippen LogP contribution >= 0.6 is 6.42 Å². The molecule has 8 heteroatoms. The first kappa shape index (κ1) is 20.8. The van der Waals surface area contributed by atoms with Crippen LogP contribution in [0.4, 0.5) is 11.4 Å². The van der Waals surface area contributed by atoms with E-state index in [1.807, 2.05) is 48.5 Å². The fraction of sp³-hybridized carbons (Fsp3) is 0. The predicted molar refractivity (Wildman–Crippen MR) is 133 cm³/mol. The zero-order chi connectivity index (χ0) is 22.3. The van der Waals surface area contributed by atoms with Crippen LogP contribution in [0.1, 0.15) is 0 Å². The minimum Gasteiger partial charge on any atom is -0.444 e. The molecule has 0 amide bonds. The summed E-state index contributed by atoms with van der Waals surface area (Å²) in [7, 11) is -3.64. The third-order valence-corrected chi connectivity index (χ3v) is 10.2. The maximum absolute atomic E-state index is 12.9. The van der Waals surface area contributed by atoms with Gasteiger partial charge in [0.25, 0.3) is 0 Å². The van der Waals surface area contributed by atoms with Gasteiger partial charge in [0.2, 0.25) is 16.3 Å². The Kier molecular flexibility index (Phi) is 5.05. The third-order valence-electron chi connectivity index (χ3n) is 5.26. The first-order chi connectivity index (χ1) is 15.4. The fourth-order valence-electron chi connectivity index (χ4n) is 3.66. The van der Waals surface area contributed by atoms with Gasteiger partial charge in [-0.15, -0.1) is 0 Å². The number of hydrogen-bond donors (Lipinski definition) is 2. The Morgan fingerprint density at radius 1 is 0.750 bits per heavy atom. The normalized spacial score (nSPS) is 17.0. The van der Waals surface area contributed by atoms with Crippen molar-refractivity contribution >= 4 is 44.7 Å². The van der Waals surface area contributed by atoms with Crippen molar-refractivity contribution in [2.75, 3.05) is 10.8 Å². The van der Waals surface area contributed by atoms with E-state index in [0.717, 1.165) is 22.2 Å². The highest BCUT2D eigenvalue weighted by molar-refractivity contribution is 8.16. The van der Waals surface area contributed by atoms with E-state index in [9.17, 15) is 8.42 Å². The summed E-state index contributed by atoms with van der Waals surface area (Å²) in [5.74, 6) is 0.740. The lowest BCUT2D eigenvalue weighted by atomic mass is 10.0. The Labute approximate surface area is 191 Å². The van der Waals surface area contributed by atoms with Gasteiger partial charge in [0.15, 0.2) is 0 Å². The Balaban J connectivity index is 1.47. The SMILES string of the molecule is Nc1ccc(S(=O)(=O)c2ccc(NP3(=S)Oc4ccccc4-c4ccccc43)cc2)cc1. The van der Waals surface area contributed by atoms with E-state index in [2.05, 4.69) is 5.09 Å². The maximum Gasteiger partial charge on any atom is 0.232 e. The highest BCUT2D eigenvalue weighted by Crippen LogP contribution is 2.54. The molecular formula is C24H19N2O3PS2.